The highest BCUT2D eigenvalue weighted by atomic mass is 31.1. The van der Waals surface area contributed by atoms with Crippen LogP contribution in [0.25, 0.3) is 11.3 Å². The summed E-state index contributed by atoms with van der Waals surface area (Å²) in [5.41, 5.74) is 6.08. The van der Waals surface area contributed by atoms with Gasteiger partial charge in [0.2, 0.25) is 0 Å². The molecule has 4 rings (SSSR count). The molecule has 3 aromatic carbocycles. The summed E-state index contributed by atoms with van der Waals surface area (Å²) in [6.45, 7) is 16.0. The minimum Gasteiger partial charge on any atom is -0.497 e. The van der Waals surface area contributed by atoms with E-state index in [1.54, 1.807) is 14.2 Å². The van der Waals surface area contributed by atoms with Crippen LogP contribution < -0.4 is 25.4 Å². The molecule has 198 valence electrons. The number of hydrogen-bond donors (Lipinski definition) is 0. The SMILES string of the molecule is COc1ccc(P(c2ccc(OC)cc2)c2cc(C(C)(C)C)cc(C(C)(C)C)c2-c2ncccc2C)cc1. The van der Waals surface area contributed by atoms with E-state index in [2.05, 4.69) is 115 Å². The third kappa shape index (κ3) is 5.79. The average molecular weight is 526 g/mol. The fourth-order valence-electron chi connectivity index (χ4n) is 4.71. The summed E-state index contributed by atoms with van der Waals surface area (Å²) in [4.78, 5) is 4.97. The van der Waals surface area contributed by atoms with Crippen LogP contribution in [0.3, 0.4) is 0 Å². The van der Waals surface area contributed by atoms with E-state index in [4.69, 9.17) is 14.5 Å². The molecule has 38 heavy (non-hydrogen) atoms. The Labute approximate surface area is 230 Å². The van der Waals surface area contributed by atoms with Crippen molar-refractivity contribution in [1.29, 1.82) is 0 Å². The molecule has 0 spiro atoms. The topological polar surface area (TPSA) is 31.4 Å². The zero-order valence-electron chi connectivity index (χ0n) is 24.2. The normalized spacial score (nSPS) is 12.1. The number of hydrogen-bond acceptors (Lipinski definition) is 3. The van der Waals surface area contributed by atoms with Gasteiger partial charge < -0.3 is 9.47 Å². The van der Waals surface area contributed by atoms with Crippen molar-refractivity contribution in [3.05, 3.63) is 95.7 Å². The van der Waals surface area contributed by atoms with Crippen LogP contribution in [0.5, 0.6) is 11.5 Å². The van der Waals surface area contributed by atoms with E-state index in [-0.39, 0.29) is 10.8 Å². The number of ether oxygens (including phenoxy) is 2. The molecule has 1 heterocycles. The molecular weight excluding hydrogens is 485 g/mol. The minimum absolute atomic E-state index is 0.00669. The second-order valence-electron chi connectivity index (χ2n) is 11.8. The molecule has 1 aromatic heterocycles. The first kappa shape index (κ1) is 27.9. The van der Waals surface area contributed by atoms with Crippen LogP contribution in [0.15, 0.2) is 79.0 Å². The van der Waals surface area contributed by atoms with Gasteiger partial charge in [-0.05, 0) is 94.7 Å². The lowest BCUT2D eigenvalue weighted by molar-refractivity contribution is 0.415. The summed E-state index contributed by atoms with van der Waals surface area (Å²) in [5.74, 6) is 1.72. The van der Waals surface area contributed by atoms with Crippen LogP contribution in [0.4, 0.5) is 0 Å². The lowest BCUT2D eigenvalue weighted by atomic mass is 9.77. The van der Waals surface area contributed by atoms with Crippen molar-refractivity contribution in [3.8, 4) is 22.8 Å². The molecule has 0 aliphatic heterocycles. The predicted octanol–water partition coefficient (Wildman–Crippen LogP) is 7.43. The number of aromatic nitrogens is 1. The van der Waals surface area contributed by atoms with Gasteiger partial charge in [0.05, 0.1) is 19.9 Å². The number of benzene rings is 3. The molecular formula is C34H40NO2P. The summed E-state index contributed by atoms with van der Waals surface area (Å²) in [7, 11) is 2.51. The fourth-order valence-corrected chi connectivity index (χ4v) is 7.18. The van der Waals surface area contributed by atoms with Crippen molar-refractivity contribution in [2.75, 3.05) is 14.2 Å². The van der Waals surface area contributed by atoms with E-state index in [1.165, 1.54) is 38.2 Å². The number of methoxy groups -OCH3 is 2. The van der Waals surface area contributed by atoms with Gasteiger partial charge in [-0.1, -0.05) is 77.9 Å². The van der Waals surface area contributed by atoms with Crippen LogP contribution in [0.1, 0.15) is 58.2 Å². The standard InChI is InChI=1S/C34H40NO2P/c1-23-11-10-20-35-32(23)31-29(34(5,6)7)21-24(33(2,3)4)22-30(31)38(27-16-12-25(36-8)13-17-27)28-18-14-26(37-9)15-19-28/h10-22H,1-9H3. The molecule has 4 heteroatoms. The highest BCUT2D eigenvalue weighted by Crippen LogP contribution is 2.44. The maximum atomic E-state index is 5.51. The van der Waals surface area contributed by atoms with Crippen molar-refractivity contribution < 1.29 is 9.47 Å². The Morgan fingerprint density at radius 1 is 0.684 bits per heavy atom. The Bertz CT molecular complexity index is 1350. The van der Waals surface area contributed by atoms with Gasteiger partial charge in [0.25, 0.3) is 0 Å². The second kappa shape index (κ2) is 10.9. The first-order chi connectivity index (χ1) is 17.9. The largest absolute Gasteiger partial charge is 0.497 e. The Balaban J connectivity index is 2.15. The Kier molecular flexibility index (Phi) is 8.00. The summed E-state index contributed by atoms with van der Waals surface area (Å²) >= 11 is 0. The van der Waals surface area contributed by atoms with Crippen LogP contribution in [-0.2, 0) is 10.8 Å². The fraction of sp³-hybridized carbons (Fsp3) is 0.324. The number of nitrogens with zero attached hydrogens (tertiary/aromatic N) is 1. The quantitative estimate of drug-likeness (QED) is 0.245. The molecule has 3 nitrogen and oxygen atoms in total. The third-order valence-electron chi connectivity index (χ3n) is 6.94. The molecule has 0 radical (unpaired) electrons. The van der Waals surface area contributed by atoms with Crippen LogP contribution in [-0.4, -0.2) is 19.2 Å². The molecule has 0 atom stereocenters. The maximum absolute atomic E-state index is 5.51. The molecule has 0 saturated carbocycles. The molecule has 0 unspecified atom stereocenters. The molecule has 0 aliphatic carbocycles. The van der Waals surface area contributed by atoms with Crippen molar-refractivity contribution in [3.63, 3.8) is 0 Å². The van der Waals surface area contributed by atoms with Gasteiger partial charge in [-0.15, -0.1) is 0 Å². The Morgan fingerprint density at radius 3 is 1.63 bits per heavy atom. The summed E-state index contributed by atoms with van der Waals surface area (Å²) in [6, 6.07) is 26.2. The average Bonchev–Trinajstić information content (AvgIpc) is 2.88. The number of rotatable bonds is 6. The monoisotopic (exact) mass is 525 g/mol. The van der Waals surface area contributed by atoms with Crippen molar-refractivity contribution >= 4 is 23.8 Å². The second-order valence-corrected chi connectivity index (χ2v) is 14.0. The Hall–Kier alpha value is -3.16. The van der Waals surface area contributed by atoms with E-state index < -0.39 is 7.92 Å². The lowest BCUT2D eigenvalue weighted by Gasteiger charge is -2.32. The molecule has 0 amide bonds. The zero-order chi connectivity index (χ0) is 27.7. The molecule has 0 N–H and O–H groups in total. The summed E-state index contributed by atoms with van der Waals surface area (Å²) < 4.78 is 11.0. The van der Waals surface area contributed by atoms with E-state index in [1.807, 2.05) is 12.3 Å². The highest BCUT2D eigenvalue weighted by molar-refractivity contribution is 7.80. The van der Waals surface area contributed by atoms with Crippen molar-refractivity contribution in [2.24, 2.45) is 0 Å². The van der Waals surface area contributed by atoms with Gasteiger partial charge in [0.1, 0.15) is 11.5 Å². The van der Waals surface area contributed by atoms with Gasteiger partial charge >= 0.3 is 0 Å². The van der Waals surface area contributed by atoms with E-state index >= 15 is 0 Å². The molecule has 0 aliphatic rings. The molecule has 0 bridgehead atoms. The first-order valence-corrected chi connectivity index (χ1v) is 14.5. The van der Waals surface area contributed by atoms with Gasteiger partial charge in [0, 0.05) is 11.8 Å². The Morgan fingerprint density at radius 2 is 1.21 bits per heavy atom. The minimum atomic E-state index is -0.915. The first-order valence-electron chi connectivity index (χ1n) is 13.1. The summed E-state index contributed by atoms with van der Waals surface area (Å²) in [6.07, 6.45) is 1.92. The van der Waals surface area contributed by atoms with E-state index in [0.717, 1.165) is 17.2 Å². The van der Waals surface area contributed by atoms with Crippen molar-refractivity contribution in [1.82, 2.24) is 4.98 Å². The number of pyridine rings is 1. The predicted molar refractivity (Wildman–Crippen MR) is 164 cm³/mol. The van der Waals surface area contributed by atoms with E-state index in [9.17, 15) is 0 Å². The van der Waals surface area contributed by atoms with Crippen LogP contribution in [0, 0.1) is 6.92 Å². The lowest BCUT2D eigenvalue weighted by Crippen LogP contribution is -2.28. The van der Waals surface area contributed by atoms with Crippen LogP contribution in [0.2, 0.25) is 0 Å². The number of aryl methyl sites for hydroxylation is 1. The molecule has 0 saturated heterocycles. The van der Waals surface area contributed by atoms with Gasteiger partial charge in [0.15, 0.2) is 0 Å². The van der Waals surface area contributed by atoms with Gasteiger partial charge in [-0.25, -0.2) is 0 Å². The smallest absolute Gasteiger partial charge is 0.118 e. The van der Waals surface area contributed by atoms with Crippen molar-refractivity contribution in [2.45, 2.75) is 59.3 Å². The van der Waals surface area contributed by atoms with Crippen LogP contribution >= 0.6 is 7.92 Å². The zero-order valence-corrected chi connectivity index (χ0v) is 25.1. The molecule has 0 fully saturated rings. The maximum Gasteiger partial charge on any atom is 0.118 e. The third-order valence-corrected chi connectivity index (χ3v) is 9.40. The van der Waals surface area contributed by atoms with Gasteiger partial charge in [-0.3, -0.25) is 4.98 Å². The van der Waals surface area contributed by atoms with E-state index in [0.29, 0.717) is 0 Å². The molecule has 4 aromatic rings. The van der Waals surface area contributed by atoms with Gasteiger partial charge in [-0.2, -0.15) is 0 Å². The summed E-state index contributed by atoms with van der Waals surface area (Å²) in [5, 5.41) is 3.87. The highest BCUT2D eigenvalue weighted by Gasteiger charge is 2.31.